The first-order valence-electron chi connectivity index (χ1n) is 5.80. The Morgan fingerprint density at radius 1 is 1.18 bits per heavy atom. The molecule has 0 radical (unpaired) electrons. The summed E-state index contributed by atoms with van der Waals surface area (Å²) in [7, 11) is 0. The van der Waals surface area contributed by atoms with Crippen LogP contribution in [-0.4, -0.2) is 16.5 Å². The van der Waals surface area contributed by atoms with Crippen molar-refractivity contribution >= 4 is 0 Å². The van der Waals surface area contributed by atoms with Crippen LogP contribution in [0.4, 0.5) is 0 Å². The Bertz CT molecular complexity index is 491. The summed E-state index contributed by atoms with van der Waals surface area (Å²) < 4.78 is 0. The number of hydrogen-bond acceptors (Lipinski definition) is 3. The van der Waals surface area contributed by atoms with Crippen LogP contribution in [0.2, 0.25) is 0 Å². The van der Waals surface area contributed by atoms with Crippen molar-refractivity contribution in [2.45, 2.75) is 19.8 Å². The zero-order valence-electron chi connectivity index (χ0n) is 10.2. The van der Waals surface area contributed by atoms with E-state index in [2.05, 4.69) is 29.9 Å². The smallest absolute Gasteiger partial charge is 0.159 e. The second-order valence-corrected chi connectivity index (χ2v) is 4.29. The Morgan fingerprint density at radius 2 is 1.82 bits per heavy atom. The van der Waals surface area contributed by atoms with E-state index in [1.165, 1.54) is 5.56 Å². The maximum absolute atomic E-state index is 5.62. The lowest BCUT2D eigenvalue weighted by Crippen LogP contribution is -2.09. The van der Waals surface area contributed by atoms with Gasteiger partial charge in [0, 0.05) is 18.0 Å². The molecule has 0 aliphatic rings. The van der Waals surface area contributed by atoms with Gasteiger partial charge in [-0.3, -0.25) is 0 Å². The quantitative estimate of drug-likeness (QED) is 0.876. The number of nitrogens with zero attached hydrogens (tertiary/aromatic N) is 2. The molecule has 0 saturated heterocycles. The molecule has 1 atom stereocenters. The van der Waals surface area contributed by atoms with Gasteiger partial charge in [0.2, 0.25) is 0 Å². The zero-order chi connectivity index (χ0) is 12.3. The fourth-order valence-corrected chi connectivity index (χ4v) is 1.69. The lowest BCUT2D eigenvalue weighted by molar-refractivity contribution is 0.763. The minimum Gasteiger partial charge on any atom is -0.330 e. The third kappa shape index (κ3) is 2.50. The van der Waals surface area contributed by atoms with E-state index in [0.717, 1.165) is 17.0 Å². The summed E-state index contributed by atoms with van der Waals surface area (Å²) in [5, 5.41) is 0. The van der Waals surface area contributed by atoms with Crippen LogP contribution in [0, 0.1) is 6.92 Å². The minimum atomic E-state index is 0.306. The minimum absolute atomic E-state index is 0.306. The van der Waals surface area contributed by atoms with E-state index in [4.69, 9.17) is 5.73 Å². The molecule has 2 aromatic rings. The van der Waals surface area contributed by atoms with Gasteiger partial charge in [-0.1, -0.05) is 31.2 Å². The summed E-state index contributed by atoms with van der Waals surface area (Å²) in [4.78, 5) is 8.82. The number of nitrogens with two attached hydrogens (primary N) is 1. The predicted octanol–water partition coefficient (Wildman–Crippen LogP) is 2.51. The molecule has 0 aliphatic heterocycles. The molecule has 0 saturated carbocycles. The predicted molar refractivity (Wildman–Crippen MR) is 69.7 cm³/mol. The van der Waals surface area contributed by atoms with E-state index in [1.54, 1.807) is 0 Å². The molecule has 2 rings (SSSR count). The second kappa shape index (κ2) is 5.06. The van der Waals surface area contributed by atoms with Gasteiger partial charge in [-0.25, -0.2) is 9.97 Å². The van der Waals surface area contributed by atoms with Crippen LogP contribution in [0.1, 0.15) is 24.0 Å². The molecule has 0 amide bonds. The molecule has 0 spiro atoms. The highest BCUT2D eigenvalue weighted by molar-refractivity contribution is 5.59. The van der Waals surface area contributed by atoms with Crippen molar-refractivity contribution in [1.29, 1.82) is 0 Å². The summed E-state index contributed by atoms with van der Waals surface area (Å²) in [5.41, 5.74) is 8.98. The molecular weight excluding hydrogens is 210 g/mol. The standard InChI is InChI=1S/C14H17N3/c1-10-5-3-4-6-13(10)14-16-8-12(9-17-14)11(2)7-15/h3-6,8-9,11H,7,15H2,1-2H3. The van der Waals surface area contributed by atoms with E-state index in [9.17, 15) is 0 Å². The summed E-state index contributed by atoms with van der Waals surface area (Å²) in [6, 6.07) is 8.12. The highest BCUT2D eigenvalue weighted by Gasteiger charge is 2.07. The van der Waals surface area contributed by atoms with Gasteiger partial charge in [0.1, 0.15) is 0 Å². The van der Waals surface area contributed by atoms with E-state index < -0.39 is 0 Å². The number of aryl methyl sites for hydroxylation is 1. The Balaban J connectivity index is 2.33. The molecule has 0 fully saturated rings. The Labute approximate surface area is 102 Å². The highest BCUT2D eigenvalue weighted by atomic mass is 14.9. The highest BCUT2D eigenvalue weighted by Crippen LogP contribution is 2.20. The van der Waals surface area contributed by atoms with Crippen molar-refractivity contribution in [3.8, 4) is 11.4 Å². The molecule has 0 bridgehead atoms. The summed E-state index contributed by atoms with van der Waals surface area (Å²) in [6.45, 7) is 4.76. The molecule has 3 nitrogen and oxygen atoms in total. The van der Waals surface area contributed by atoms with E-state index in [-0.39, 0.29) is 0 Å². The topological polar surface area (TPSA) is 51.8 Å². The van der Waals surface area contributed by atoms with Crippen LogP contribution in [0.3, 0.4) is 0 Å². The maximum Gasteiger partial charge on any atom is 0.159 e. The fraction of sp³-hybridized carbons (Fsp3) is 0.286. The van der Waals surface area contributed by atoms with Gasteiger partial charge >= 0.3 is 0 Å². The van der Waals surface area contributed by atoms with Gasteiger partial charge in [-0.15, -0.1) is 0 Å². The molecule has 0 aliphatic carbocycles. The molecule has 1 unspecified atom stereocenters. The van der Waals surface area contributed by atoms with Crippen LogP contribution >= 0.6 is 0 Å². The first kappa shape index (κ1) is 11.7. The summed E-state index contributed by atoms with van der Waals surface area (Å²) in [6.07, 6.45) is 3.73. The van der Waals surface area contributed by atoms with Gasteiger partial charge in [0.25, 0.3) is 0 Å². The van der Waals surface area contributed by atoms with E-state index >= 15 is 0 Å². The number of hydrogen-bond donors (Lipinski definition) is 1. The molecular formula is C14H17N3. The first-order chi connectivity index (χ1) is 8.22. The molecule has 1 aromatic heterocycles. The average molecular weight is 227 g/mol. The average Bonchev–Trinajstić information content (AvgIpc) is 2.39. The molecule has 88 valence electrons. The Kier molecular flexibility index (Phi) is 3.49. The van der Waals surface area contributed by atoms with Gasteiger partial charge in [0.05, 0.1) is 0 Å². The Morgan fingerprint density at radius 3 is 2.41 bits per heavy atom. The van der Waals surface area contributed by atoms with Crippen LogP contribution in [-0.2, 0) is 0 Å². The van der Waals surface area contributed by atoms with Gasteiger partial charge in [-0.2, -0.15) is 0 Å². The third-order valence-electron chi connectivity index (χ3n) is 2.98. The molecule has 3 heteroatoms. The molecule has 17 heavy (non-hydrogen) atoms. The van der Waals surface area contributed by atoms with Crippen molar-refractivity contribution in [1.82, 2.24) is 9.97 Å². The van der Waals surface area contributed by atoms with Crippen molar-refractivity contribution in [2.75, 3.05) is 6.54 Å². The SMILES string of the molecule is Cc1ccccc1-c1ncc(C(C)CN)cn1. The van der Waals surface area contributed by atoms with Gasteiger partial charge < -0.3 is 5.73 Å². The van der Waals surface area contributed by atoms with Crippen molar-refractivity contribution in [3.05, 3.63) is 47.8 Å². The van der Waals surface area contributed by atoms with E-state index in [0.29, 0.717) is 12.5 Å². The third-order valence-corrected chi connectivity index (χ3v) is 2.98. The molecule has 2 N–H and O–H groups in total. The summed E-state index contributed by atoms with van der Waals surface area (Å²) >= 11 is 0. The molecule has 1 heterocycles. The molecule has 1 aromatic carbocycles. The normalized spacial score (nSPS) is 12.4. The number of benzene rings is 1. The lowest BCUT2D eigenvalue weighted by Gasteiger charge is -2.09. The van der Waals surface area contributed by atoms with Crippen LogP contribution < -0.4 is 5.73 Å². The van der Waals surface area contributed by atoms with Crippen molar-refractivity contribution < 1.29 is 0 Å². The van der Waals surface area contributed by atoms with Crippen molar-refractivity contribution in [2.24, 2.45) is 5.73 Å². The Hall–Kier alpha value is -1.74. The number of rotatable bonds is 3. The monoisotopic (exact) mass is 227 g/mol. The van der Waals surface area contributed by atoms with Crippen LogP contribution in [0.15, 0.2) is 36.7 Å². The first-order valence-corrected chi connectivity index (χ1v) is 5.80. The van der Waals surface area contributed by atoms with Crippen LogP contribution in [0.25, 0.3) is 11.4 Å². The van der Waals surface area contributed by atoms with Gasteiger partial charge in [0.15, 0.2) is 5.82 Å². The second-order valence-electron chi connectivity index (χ2n) is 4.29. The van der Waals surface area contributed by atoms with Crippen LogP contribution in [0.5, 0.6) is 0 Å². The number of aromatic nitrogens is 2. The van der Waals surface area contributed by atoms with E-state index in [1.807, 2.05) is 30.6 Å². The maximum atomic E-state index is 5.62. The largest absolute Gasteiger partial charge is 0.330 e. The zero-order valence-corrected chi connectivity index (χ0v) is 10.2. The van der Waals surface area contributed by atoms with Gasteiger partial charge in [-0.05, 0) is 30.5 Å². The fourth-order valence-electron chi connectivity index (χ4n) is 1.69. The summed E-state index contributed by atoms with van der Waals surface area (Å²) in [5.74, 6) is 1.08. The lowest BCUT2D eigenvalue weighted by atomic mass is 10.0. The van der Waals surface area contributed by atoms with Crippen molar-refractivity contribution in [3.63, 3.8) is 0 Å².